The summed E-state index contributed by atoms with van der Waals surface area (Å²) in [5.41, 5.74) is -3.02. The van der Waals surface area contributed by atoms with E-state index in [2.05, 4.69) is 16.1 Å². The molecule has 2 N–H and O–H groups in total. The first-order chi connectivity index (χ1) is 18.0. The molecule has 39 heavy (non-hydrogen) atoms. The van der Waals surface area contributed by atoms with Gasteiger partial charge < -0.3 is 9.88 Å². The number of anilines is 1. The average molecular weight is 580 g/mol. The number of nitrogens with one attached hydrogen (secondary N) is 2. The van der Waals surface area contributed by atoms with E-state index in [4.69, 9.17) is 0 Å². The van der Waals surface area contributed by atoms with Crippen LogP contribution in [-0.2, 0) is 20.8 Å². The van der Waals surface area contributed by atoms with Crippen LogP contribution in [0.4, 0.5) is 18.9 Å². The van der Waals surface area contributed by atoms with E-state index in [1.807, 2.05) is 0 Å². The van der Waals surface area contributed by atoms with Crippen LogP contribution in [0, 0.1) is 28.6 Å². The Hall–Kier alpha value is -2.83. The number of sulfonamides is 1. The van der Waals surface area contributed by atoms with Crippen molar-refractivity contribution >= 4 is 34.1 Å². The molecule has 0 heterocycles. The van der Waals surface area contributed by atoms with E-state index >= 15 is 0 Å². The number of rotatable bonds is 6. The van der Waals surface area contributed by atoms with E-state index in [0.29, 0.717) is 42.5 Å². The van der Waals surface area contributed by atoms with Gasteiger partial charge in [0.15, 0.2) is 0 Å². The summed E-state index contributed by atoms with van der Waals surface area (Å²) < 4.78 is 81.4. The Bertz CT molecular complexity index is 1510. The number of carbonyl (C=O) groups is 1. The summed E-state index contributed by atoms with van der Waals surface area (Å²) in [6.07, 6.45) is -0.352. The maximum atomic E-state index is 13.5. The average Bonchev–Trinajstić information content (AvgIpc) is 2.81. The van der Waals surface area contributed by atoms with Gasteiger partial charge in [-0.3, -0.25) is 9.52 Å². The van der Waals surface area contributed by atoms with Crippen molar-refractivity contribution in [2.24, 2.45) is 17.3 Å². The topological polar surface area (TPSA) is 116 Å². The number of carbonyl (C=O) groups excluding carboxylic acids is 1. The minimum atomic E-state index is -4.76. The van der Waals surface area contributed by atoms with Gasteiger partial charge in [0.1, 0.15) is 7.14 Å². The lowest BCUT2D eigenvalue weighted by molar-refractivity contribution is -0.137. The van der Waals surface area contributed by atoms with E-state index in [1.54, 1.807) is 0 Å². The van der Waals surface area contributed by atoms with Gasteiger partial charge in [-0.15, -0.1) is 0 Å². The van der Waals surface area contributed by atoms with Gasteiger partial charge in [-0.05, 0) is 94.0 Å². The van der Waals surface area contributed by atoms with Gasteiger partial charge in [0, 0.05) is 10.8 Å². The molecule has 1 amide bonds. The van der Waals surface area contributed by atoms with Crippen molar-refractivity contribution in [1.82, 2.24) is 5.32 Å². The first kappa shape index (κ1) is 27.7. The van der Waals surface area contributed by atoms with Crippen LogP contribution >= 0.6 is 7.14 Å². The first-order valence-electron chi connectivity index (χ1n) is 12.7. The van der Waals surface area contributed by atoms with Gasteiger partial charge in [0.05, 0.1) is 33.2 Å². The lowest BCUT2D eigenvalue weighted by Gasteiger charge is -2.59. The summed E-state index contributed by atoms with van der Waals surface area (Å²) in [5.74, 6) is -0.104. The molecule has 12 heteroatoms. The van der Waals surface area contributed by atoms with E-state index in [1.165, 1.54) is 37.6 Å². The molecule has 0 aliphatic heterocycles. The second-order valence-corrected chi connectivity index (χ2v) is 16.7. The number of alkyl halides is 3. The zero-order valence-electron chi connectivity index (χ0n) is 21.5. The monoisotopic (exact) mass is 579 g/mol. The molecule has 4 saturated carbocycles. The number of nitriles is 1. The van der Waals surface area contributed by atoms with Crippen molar-refractivity contribution in [3.63, 3.8) is 0 Å². The fourth-order valence-electron chi connectivity index (χ4n) is 7.04. The van der Waals surface area contributed by atoms with Crippen molar-refractivity contribution in [2.45, 2.75) is 55.1 Å². The minimum Gasteiger partial charge on any atom is -0.346 e. The van der Waals surface area contributed by atoms with Crippen LogP contribution in [0.1, 0.15) is 54.4 Å². The SMILES string of the molecule is CP(C)(=O)c1ccc(S(=O)(=O)Nc2cc(C(F)(F)F)ccc2C(=O)NC23CC4CC(CC(C#N)(C4)C2)C3)cc1. The number of benzene rings is 2. The minimum absolute atomic E-state index is 0.239. The van der Waals surface area contributed by atoms with E-state index in [0.717, 1.165) is 31.4 Å². The molecule has 208 valence electrons. The molecule has 0 aromatic heterocycles. The Labute approximate surface area is 225 Å². The summed E-state index contributed by atoms with van der Waals surface area (Å²) in [5, 5.41) is 13.3. The fraction of sp³-hybridized carbons (Fsp3) is 0.481. The molecule has 4 bridgehead atoms. The lowest BCUT2D eigenvalue weighted by atomic mass is 9.47. The van der Waals surface area contributed by atoms with Gasteiger partial charge in [0.2, 0.25) is 0 Å². The van der Waals surface area contributed by atoms with Crippen molar-refractivity contribution < 1.29 is 30.9 Å². The molecule has 6 rings (SSSR count). The molecule has 7 nitrogen and oxygen atoms in total. The van der Waals surface area contributed by atoms with Crippen LogP contribution in [0.25, 0.3) is 0 Å². The van der Waals surface area contributed by atoms with Crippen molar-refractivity contribution in [1.29, 1.82) is 5.26 Å². The molecule has 2 atom stereocenters. The zero-order valence-corrected chi connectivity index (χ0v) is 23.2. The number of hydrogen-bond donors (Lipinski definition) is 2. The summed E-state index contributed by atoms with van der Waals surface area (Å²) in [6.45, 7) is 3.06. The molecule has 0 radical (unpaired) electrons. The van der Waals surface area contributed by atoms with Crippen LogP contribution in [0.5, 0.6) is 0 Å². The summed E-state index contributed by atoms with van der Waals surface area (Å²) in [6, 6.07) is 10.0. The first-order valence-corrected chi connectivity index (χ1v) is 16.8. The van der Waals surface area contributed by atoms with Gasteiger partial charge in [-0.2, -0.15) is 18.4 Å². The van der Waals surface area contributed by atoms with E-state index < -0.39 is 51.5 Å². The second kappa shape index (κ2) is 9.10. The molecule has 4 aliphatic carbocycles. The van der Waals surface area contributed by atoms with Gasteiger partial charge >= 0.3 is 6.18 Å². The second-order valence-electron chi connectivity index (χ2n) is 11.8. The summed E-state index contributed by atoms with van der Waals surface area (Å²) in [7, 11) is -7.04. The van der Waals surface area contributed by atoms with Crippen molar-refractivity contribution in [2.75, 3.05) is 18.1 Å². The highest BCUT2D eigenvalue weighted by Crippen LogP contribution is 2.61. The third kappa shape index (κ3) is 5.33. The molecular weight excluding hydrogens is 550 g/mol. The van der Waals surface area contributed by atoms with Gasteiger partial charge in [-0.1, -0.05) is 12.1 Å². The molecule has 4 fully saturated rings. The summed E-state index contributed by atoms with van der Waals surface area (Å²) >= 11 is 0. The van der Waals surface area contributed by atoms with Crippen LogP contribution in [0.2, 0.25) is 0 Å². The van der Waals surface area contributed by atoms with Crippen LogP contribution in [0.15, 0.2) is 47.4 Å². The normalized spacial score (nSPS) is 28.1. The quantitative estimate of drug-likeness (QED) is 0.448. The molecule has 2 unspecified atom stereocenters. The standard InChI is InChI=1S/C27H29F3N3O4PS/c1-38(2,35)20-4-6-21(7-5-20)39(36,37)33-23-10-19(27(28,29)30)3-8-22(23)24(34)32-26-13-17-9-18(14-26)12-25(11-17,15-26)16-31/h3-8,10,17-18,33H,9,11-15H2,1-2H3,(H,32,34). The van der Waals surface area contributed by atoms with Crippen molar-refractivity contribution in [3.05, 3.63) is 53.6 Å². The zero-order chi connectivity index (χ0) is 28.4. The van der Waals surface area contributed by atoms with Crippen LogP contribution in [0.3, 0.4) is 0 Å². The maximum absolute atomic E-state index is 13.5. The molecule has 0 saturated heterocycles. The van der Waals surface area contributed by atoms with E-state index in [-0.39, 0.29) is 10.5 Å². The highest BCUT2D eigenvalue weighted by molar-refractivity contribution is 7.92. The maximum Gasteiger partial charge on any atom is 0.416 e. The Morgan fingerprint density at radius 3 is 2.21 bits per heavy atom. The highest BCUT2D eigenvalue weighted by Gasteiger charge is 2.58. The predicted octanol–water partition coefficient (Wildman–Crippen LogP) is 5.35. The van der Waals surface area contributed by atoms with Gasteiger partial charge in [0.25, 0.3) is 15.9 Å². The molecule has 2 aromatic carbocycles. The number of halogens is 3. The fourth-order valence-corrected chi connectivity index (χ4v) is 8.98. The van der Waals surface area contributed by atoms with Crippen molar-refractivity contribution in [3.8, 4) is 6.07 Å². The lowest BCUT2D eigenvalue weighted by Crippen LogP contribution is -2.62. The third-order valence-electron chi connectivity index (χ3n) is 8.28. The van der Waals surface area contributed by atoms with Crippen LogP contribution in [-0.4, -0.2) is 33.2 Å². The molecular formula is C27H29F3N3O4PS. The number of nitrogens with zero attached hydrogens (tertiary/aromatic N) is 1. The molecule has 2 aromatic rings. The van der Waals surface area contributed by atoms with Gasteiger partial charge in [-0.25, -0.2) is 8.42 Å². The number of hydrogen-bond acceptors (Lipinski definition) is 5. The highest BCUT2D eigenvalue weighted by atomic mass is 32.2. The Kier molecular flexibility index (Phi) is 6.47. The Morgan fingerprint density at radius 1 is 1.05 bits per heavy atom. The number of amides is 1. The smallest absolute Gasteiger partial charge is 0.346 e. The Balaban J connectivity index is 1.47. The summed E-state index contributed by atoms with van der Waals surface area (Å²) in [4.78, 5) is 13.3. The largest absolute Gasteiger partial charge is 0.416 e. The van der Waals surface area contributed by atoms with E-state index in [9.17, 15) is 36.2 Å². The molecule has 0 spiro atoms. The molecule has 4 aliphatic rings. The van der Waals surface area contributed by atoms with Crippen LogP contribution < -0.4 is 15.3 Å². The Morgan fingerprint density at radius 2 is 1.67 bits per heavy atom. The predicted molar refractivity (Wildman–Crippen MR) is 141 cm³/mol. The third-order valence-corrected chi connectivity index (χ3v) is 11.2.